The van der Waals surface area contributed by atoms with Gasteiger partial charge in [-0.25, -0.2) is 9.97 Å². The van der Waals surface area contributed by atoms with Gasteiger partial charge in [0.15, 0.2) is 0 Å². The molecule has 0 aromatic carbocycles. The van der Waals surface area contributed by atoms with Crippen molar-refractivity contribution in [2.45, 2.75) is 33.4 Å². The van der Waals surface area contributed by atoms with Gasteiger partial charge in [0.1, 0.15) is 0 Å². The van der Waals surface area contributed by atoms with E-state index < -0.39 is 0 Å². The zero-order valence-electron chi connectivity index (χ0n) is 13.0. The molecule has 0 unspecified atom stereocenters. The lowest BCUT2D eigenvalue weighted by atomic mass is 10.2. The van der Waals surface area contributed by atoms with Gasteiger partial charge in [0, 0.05) is 50.0 Å². The number of anilines is 1. The molecule has 2 rings (SSSR count). The molecule has 0 saturated heterocycles. The predicted molar refractivity (Wildman–Crippen MR) is 85.1 cm³/mol. The van der Waals surface area contributed by atoms with Crippen molar-refractivity contribution in [3.05, 3.63) is 47.5 Å². The normalized spacial score (nSPS) is 10.6. The number of nitrogens with zero attached hydrogens (tertiary/aromatic N) is 4. The lowest BCUT2D eigenvalue weighted by molar-refractivity contribution is 0.667. The van der Waals surface area contributed by atoms with E-state index in [1.165, 1.54) is 5.56 Å². The highest BCUT2D eigenvalue weighted by atomic mass is 15.2. The number of pyridine rings is 1. The first-order chi connectivity index (χ1) is 10.2. The van der Waals surface area contributed by atoms with E-state index in [2.05, 4.69) is 27.2 Å². The molecular weight excluding hydrogens is 262 g/mol. The van der Waals surface area contributed by atoms with Gasteiger partial charge >= 0.3 is 0 Å². The van der Waals surface area contributed by atoms with Crippen LogP contribution < -0.4 is 10.2 Å². The van der Waals surface area contributed by atoms with Gasteiger partial charge in [-0.3, -0.25) is 4.98 Å². The highest BCUT2D eigenvalue weighted by molar-refractivity contribution is 5.33. The lowest BCUT2D eigenvalue weighted by Crippen LogP contribution is -2.21. The summed E-state index contributed by atoms with van der Waals surface area (Å²) >= 11 is 0. The monoisotopic (exact) mass is 285 g/mol. The molecule has 5 heteroatoms. The molecule has 0 aliphatic carbocycles. The summed E-state index contributed by atoms with van der Waals surface area (Å²) in [6.45, 7) is 6.81. The Morgan fingerprint density at radius 2 is 2.00 bits per heavy atom. The van der Waals surface area contributed by atoms with Crippen molar-refractivity contribution in [2.75, 3.05) is 18.5 Å². The first kappa shape index (κ1) is 15.4. The van der Waals surface area contributed by atoms with E-state index in [9.17, 15) is 0 Å². The van der Waals surface area contributed by atoms with Crippen LogP contribution in [0, 0.1) is 6.92 Å². The number of aromatic nitrogens is 3. The Kier molecular flexibility index (Phi) is 5.63. The molecule has 0 fully saturated rings. The van der Waals surface area contributed by atoms with Crippen LogP contribution >= 0.6 is 0 Å². The van der Waals surface area contributed by atoms with Gasteiger partial charge in [0.2, 0.25) is 5.95 Å². The SMILES string of the molecule is CCCNCc1cnc(N(C)Cc2ccncc2)nc1C. The van der Waals surface area contributed by atoms with Crippen LogP contribution in [0.5, 0.6) is 0 Å². The van der Waals surface area contributed by atoms with E-state index in [1.807, 2.05) is 37.2 Å². The maximum absolute atomic E-state index is 4.61. The van der Waals surface area contributed by atoms with Gasteiger partial charge in [0.05, 0.1) is 0 Å². The van der Waals surface area contributed by atoms with E-state index in [-0.39, 0.29) is 0 Å². The maximum Gasteiger partial charge on any atom is 0.225 e. The molecule has 0 saturated carbocycles. The molecule has 0 atom stereocenters. The summed E-state index contributed by atoms with van der Waals surface area (Å²) in [6.07, 6.45) is 6.66. The molecule has 1 N–H and O–H groups in total. The second-order valence-corrected chi connectivity index (χ2v) is 5.17. The minimum Gasteiger partial charge on any atom is -0.340 e. The molecule has 0 radical (unpaired) electrons. The molecule has 21 heavy (non-hydrogen) atoms. The van der Waals surface area contributed by atoms with E-state index in [4.69, 9.17) is 0 Å². The number of hydrogen-bond donors (Lipinski definition) is 1. The van der Waals surface area contributed by atoms with Gasteiger partial charge in [-0.15, -0.1) is 0 Å². The quantitative estimate of drug-likeness (QED) is 0.791. The van der Waals surface area contributed by atoms with Crippen LogP contribution in [-0.4, -0.2) is 28.5 Å². The Bertz CT molecular complexity index is 556. The van der Waals surface area contributed by atoms with Crippen molar-refractivity contribution >= 4 is 5.95 Å². The fraction of sp³-hybridized carbons (Fsp3) is 0.438. The fourth-order valence-corrected chi connectivity index (χ4v) is 2.07. The lowest BCUT2D eigenvalue weighted by Gasteiger charge is -2.18. The summed E-state index contributed by atoms with van der Waals surface area (Å²) in [4.78, 5) is 15.2. The van der Waals surface area contributed by atoms with Crippen LogP contribution in [0.4, 0.5) is 5.95 Å². The van der Waals surface area contributed by atoms with Crippen molar-refractivity contribution in [1.29, 1.82) is 0 Å². The summed E-state index contributed by atoms with van der Waals surface area (Å²) in [7, 11) is 2.00. The Morgan fingerprint density at radius 3 is 2.67 bits per heavy atom. The number of hydrogen-bond acceptors (Lipinski definition) is 5. The fourth-order valence-electron chi connectivity index (χ4n) is 2.07. The van der Waals surface area contributed by atoms with Gasteiger partial charge < -0.3 is 10.2 Å². The van der Waals surface area contributed by atoms with E-state index in [0.717, 1.165) is 43.3 Å². The van der Waals surface area contributed by atoms with E-state index >= 15 is 0 Å². The predicted octanol–water partition coefficient (Wildman–Crippen LogP) is 2.32. The smallest absolute Gasteiger partial charge is 0.225 e. The standard InChI is InChI=1S/C16H23N5/c1-4-7-18-10-15-11-19-16(20-13(15)2)21(3)12-14-5-8-17-9-6-14/h5-6,8-9,11,18H,4,7,10,12H2,1-3H3. The summed E-state index contributed by atoms with van der Waals surface area (Å²) in [5, 5.41) is 3.38. The van der Waals surface area contributed by atoms with Crippen molar-refractivity contribution < 1.29 is 0 Å². The molecule has 5 nitrogen and oxygen atoms in total. The first-order valence-corrected chi connectivity index (χ1v) is 7.34. The van der Waals surface area contributed by atoms with Gasteiger partial charge in [-0.05, 0) is 37.6 Å². The molecular formula is C16H23N5. The largest absolute Gasteiger partial charge is 0.340 e. The van der Waals surface area contributed by atoms with Gasteiger partial charge in [-0.2, -0.15) is 0 Å². The van der Waals surface area contributed by atoms with Crippen molar-refractivity contribution in [1.82, 2.24) is 20.3 Å². The Balaban J connectivity index is 2.01. The van der Waals surface area contributed by atoms with Crippen LogP contribution in [0.1, 0.15) is 30.2 Å². The summed E-state index contributed by atoms with van der Waals surface area (Å²) in [5.74, 6) is 0.753. The summed E-state index contributed by atoms with van der Waals surface area (Å²) < 4.78 is 0. The molecule has 2 aromatic rings. The second-order valence-electron chi connectivity index (χ2n) is 5.17. The van der Waals surface area contributed by atoms with Crippen molar-refractivity contribution in [3.8, 4) is 0 Å². The Labute approximate surface area is 126 Å². The average Bonchev–Trinajstić information content (AvgIpc) is 2.50. The first-order valence-electron chi connectivity index (χ1n) is 7.34. The maximum atomic E-state index is 4.61. The molecule has 0 bridgehead atoms. The van der Waals surface area contributed by atoms with E-state index in [1.54, 1.807) is 12.4 Å². The number of nitrogens with one attached hydrogen (secondary N) is 1. The minimum atomic E-state index is 0.753. The molecule has 0 amide bonds. The zero-order chi connectivity index (χ0) is 15.1. The van der Waals surface area contributed by atoms with Gasteiger partial charge in [-0.1, -0.05) is 6.92 Å². The second kappa shape index (κ2) is 7.69. The molecule has 0 aliphatic heterocycles. The third-order valence-electron chi connectivity index (χ3n) is 3.32. The Hall–Kier alpha value is -2.01. The van der Waals surface area contributed by atoms with Crippen LogP contribution in [0.3, 0.4) is 0 Å². The Morgan fingerprint density at radius 1 is 1.24 bits per heavy atom. The van der Waals surface area contributed by atoms with Crippen LogP contribution in [-0.2, 0) is 13.1 Å². The third-order valence-corrected chi connectivity index (χ3v) is 3.32. The molecule has 2 heterocycles. The molecule has 0 spiro atoms. The van der Waals surface area contributed by atoms with Crippen molar-refractivity contribution in [3.63, 3.8) is 0 Å². The zero-order valence-corrected chi connectivity index (χ0v) is 13.0. The molecule has 0 aliphatic rings. The third kappa shape index (κ3) is 4.49. The summed E-state index contributed by atoms with van der Waals surface area (Å²) in [6, 6.07) is 4.01. The van der Waals surface area contributed by atoms with Crippen LogP contribution in [0.25, 0.3) is 0 Å². The highest BCUT2D eigenvalue weighted by Gasteiger charge is 2.08. The van der Waals surface area contributed by atoms with Crippen LogP contribution in [0.15, 0.2) is 30.7 Å². The highest BCUT2D eigenvalue weighted by Crippen LogP contribution is 2.12. The van der Waals surface area contributed by atoms with Crippen molar-refractivity contribution in [2.24, 2.45) is 0 Å². The van der Waals surface area contributed by atoms with Gasteiger partial charge in [0.25, 0.3) is 0 Å². The summed E-state index contributed by atoms with van der Waals surface area (Å²) in [5.41, 5.74) is 3.39. The topological polar surface area (TPSA) is 53.9 Å². The number of rotatable bonds is 7. The van der Waals surface area contributed by atoms with Crippen LogP contribution in [0.2, 0.25) is 0 Å². The molecule has 112 valence electrons. The average molecular weight is 285 g/mol. The van der Waals surface area contributed by atoms with E-state index in [0.29, 0.717) is 0 Å². The number of aryl methyl sites for hydroxylation is 1. The molecule has 2 aromatic heterocycles. The minimum absolute atomic E-state index is 0.753.